The molecule has 0 radical (unpaired) electrons. The van der Waals surface area contributed by atoms with Gasteiger partial charge in [0.2, 0.25) is 0 Å². The molecule has 2 aliphatic rings. The number of carbonyl (C=O) groups excluding carboxylic acids is 4. The summed E-state index contributed by atoms with van der Waals surface area (Å²) >= 11 is 0. The summed E-state index contributed by atoms with van der Waals surface area (Å²) in [5, 5.41) is 11.9. The number of ether oxygens (including phenoxy) is 1. The minimum atomic E-state index is -0.320. The fourth-order valence-corrected chi connectivity index (χ4v) is 7.17. The van der Waals surface area contributed by atoms with Crippen LogP contribution in [0.15, 0.2) is 122 Å². The highest BCUT2D eigenvalue weighted by atomic mass is 16.5. The van der Waals surface area contributed by atoms with Gasteiger partial charge in [0.05, 0.1) is 35.2 Å². The molecule has 14 heteroatoms. The molecule has 334 valence electrons. The van der Waals surface area contributed by atoms with Crippen LogP contribution in [0.3, 0.4) is 0 Å². The Morgan fingerprint density at radius 1 is 0.571 bits per heavy atom. The standard InChI is InChI=1S/C25H27N5O2.C24H24N4O3.6H2/c1-17-23(25(32)28-20-9-4-3-5-10-20)29-22(16-26-17)18-7-6-8-19(15-18)24(31)27-21-11-13-30(2)14-12-21;1-16-22(24(30)27-19-5-3-2-4-6-19)28-21(15-25-16)17-7-9-18(10-8-17)23(29)26-20-11-13-31-14-12-20;;;;;;/h3-10,15-16,21H,11-14H2,1-2H3,(H,27,31)(H,28,32);2-10,15,20H,11-14H2,1H3,(H,26,29)(H,27,30);6*1H. The van der Waals surface area contributed by atoms with Crippen molar-refractivity contribution >= 4 is 35.0 Å². The number of nitrogens with one attached hydrogen (secondary N) is 4. The summed E-state index contributed by atoms with van der Waals surface area (Å²) in [7, 11) is 2.10. The molecule has 4 heterocycles. The lowest BCUT2D eigenvalue weighted by Crippen LogP contribution is -2.43. The number of carbonyl (C=O) groups is 4. The van der Waals surface area contributed by atoms with E-state index in [1.54, 1.807) is 50.5 Å². The lowest BCUT2D eigenvalue weighted by atomic mass is 10.0. The molecule has 0 aliphatic carbocycles. The maximum Gasteiger partial charge on any atom is 0.276 e. The van der Waals surface area contributed by atoms with Crippen LogP contribution in [0.4, 0.5) is 11.4 Å². The molecule has 6 aromatic rings. The monoisotopic (exact) mass is 857 g/mol. The molecule has 0 spiro atoms. The SMILES string of the molecule is Cc1ncc(-c2ccc(C(=O)NC3CCOCC3)cc2)nc1C(=O)Nc1ccccc1.Cc1ncc(-c2cccc(C(=O)NC3CCN(C)CC3)c2)nc1C(=O)Nc1ccccc1.[HH].[HH].[HH].[HH].[HH].[HH]. The molecule has 14 nitrogen and oxygen atoms in total. The van der Waals surface area contributed by atoms with Crippen LogP contribution < -0.4 is 21.3 Å². The molecule has 4 amide bonds. The quantitative estimate of drug-likeness (QED) is 0.104. The highest BCUT2D eigenvalue weighted by Crippen LogP contribution is 2.22. The third-order valence-corrected chi connectivity index (χ3v) is 10.9. The van der Waals surface area contributed by atoms with Crippen LogP contribution >= 0.6 is 0 Å². The topological polar surface area (TPSA) is 180 Å². The predicted octanol–water partition coefficient (Wildman–Crippen LogP) is 8.62. The second kappa shape index (κ2) is 21.1. The average Bonchev–Trinajstić information content (AvgIpc) is 3.31. The Kier molecular flexibility index (Phi) is 14.7. The van der Waals surface area contributed by atoms with Crippen LogP contribution in [0.25, 0.3) is 22.5 Å². The fourth-order valence-electron chi connectivity index (χ4n) is 7.17. The first-order chi connectivity index (χ1) is 30.6. The van der Waals surface area contributed by atoms with Crippen molar-refractivity contribution in [2.45, 2.75) is 51.6 Å². The van der Waals surface area contributed by atoms with Gasteiger partial charge < -0.3 is 30.9 Å². The largest absolute Gasteiger partial charge is 0.381 e. The summed E-state index contributed by atoms with van der Waals surface area (Å²) in [5.41, 5.74) is 6.78. The number of benzene rings is 4. The Balaban J connectivity index is 0.000000635. The number of aromatic nitrogens is 4. The molecule has 2 aromatic heterocycles. The van der Waals surface area contributed by atoms with E-state index in [0.29, 0.717) is 58.5 Å². The first kappa shape index (κ1) is 43.9. The van der Waals surface area contributed by atoms with Gasteiger partial charge in [-0.05, 0) is 108 Å². The molecule has 8 rings (SSSR count). The third-order valence-electron chi connectivity index (χ3n) is 10.9. The molecule has 0 atom stereocenters. The van der Waals surface area contributed by atoms with E-state index in [1.807, 2.05) is 84.9 Å². The van der Waals surface area contributed by atoms with Gasteiger partial charge in [-0.1, -0.05) is 60.7 Å². The number of anilines is 2. The summed E-state index contributed by atoms with van der Waals surface area (Å²) in [5.74, 6) is -0.829. The highest BCUT2D eigenvalue weighted by Gasteiger charge is 2.21. The summed E-state index contributed by atoms with van der Waals surface area (Å²) < 4.78 is 5.33. The van der Waals surface area contributed by atoms with Crippen LogP contribution in [-0.4, -0.2) is 93.9 Å². The fraction of sp³-hybridized carbons (Fsp3) is 0.265. The number of aryl methyl sites for hydroxylation is 2. The number of piperidine rings is 1. The van der Waals surface area contributed by atoms with Gasteiger partial charge in [-0.2, -0.15) is 0 Å². The van der Waals surface area contributed by atoms with Crippen molar-refractivity contribution < 1.29 is 32.5 Å². The molecule has 0 bridgehead atoms. The molecular weight excluding hydrogens is 795 g/mol. The molecular formula is C49H63N9O5. The second-order valence-corrected chi connectivity index (χ2v) is 15.6. The first-order valence-corrected chi connectivity index (χ1v) is 21.1. The van der Waals surface area contributed by atoms with E-state index in [1.165, 1.54) is 0 Å². The van der Waals surface area contributed by atoms with Gasteiger partial charge in [0.15, 0.2) is 0 Å². The predicted molar refractivity (Wildman–Crippen MR) is 255 cm³/mol. The molecule has 0 saturated carbocycles. The van der Waals surface area contributed by atoms with E-state index < -0.39 is 0 Å². The second-order valence-electron chi connectivity index (χ2n) is 15.6. The number of amides is 4. The summed E-state index contributed by atoms with van der Waals surface area (Å²) in [6, 6.07) is 33.2. The van der Waals surface area contributed by atoms with Crippen LogP contribution in [0.1, 0.15) is 87.3 Å². The van der Waals surface area contributed by atoms with Gasteiger partial charge in [-0.15, -0.1) is 0 Å². The van der Waals surface area contributed by atoms with Gasteiger partial charge in [0.25, 0.3) is 23.6 Å². The number of hydrogen-bond donors (Lipinski definition) is 4. The Bertz CT molecular complexity index is 2550. The third kappa shape index (κ3) is 12.0. The van der Waals surface area contributed by atoms with Gasteiger partial charge >= 0.3 is 0 Å². The summed E-state index contributed by atoms with van der Waals surface area (Å²) in [6.45, 7) is 6.82. The Labute approximate surface area is 375 Å². The van der Waals surface area contributed by atoms with Crippen LogP contribution in [-0.2, 0) is 4.74 Å². The Hall–Kier alpha value is -7.16. The van der Waals surface area contributed by atoms with E-state index in [-0.39, 0.29) is 55.7 Å². The zero-order chi connectivity index (χ0) is 44.1. The van der Waals surface area contributed by atoms with Gasteiger partial charge in [-0.25, -0.2) is 9.97 Å². The molecule has 2 saturated heterocycles. The van der Waals surface area contributed by atoms with Gasteiger partial charge in [-0.3, -0.25) is 29.1 Å². The van der Waals surface area contributed by atoms with Crippen molar-refractivity contribution in [1.82, 2.24) is 35.5 Å². The van der Waals surface area contributed by atoms with E-state index in [2.05, 4.69) is 53.2 Å². The number of nitrogens with zero attached hydrogens (tertiary/aromatic N) is 5. The van der Waals surface area contributed by atoms with E-state index in [9.17, 15) is 19.2 Å². The first-order valence-electron chi connectivity index (χ1n) is 21.1. The molecule has 4 N–H and O–H groups in total. The van der Waals surface area contributed by atoms with Crippen molar-refractivity contribution in [3.63, 3.8) is 0 Å². The van der Waals surface area contributed by atoms with Gasteiger partial charge in [0, 0.05) is 67.5 Å². The Morgan fingerprint density at radius 3 is 1.60 bits per heavy atom. The number of para-hydroxylation sites is 2. The lowest BCUT2D eigenvalue weighted by Gasteiger charge is -2.29. The molecule has 0 unspecified atom stereocenters. The minimum absolute atomic E-state index is 0. The van der Waals surface area contributed by atoms with Crippen LogP contribution in [0, 0.1) is 13.8 Å². The zero-order valence-corrected chi connectivity index (χ0v) is 35.6. The number of hydrogen-bond acceptors (Lipinski definition) is 10. The van der Waals surface area contributed by atoms with Crippen LogP contribution in [0.5, 0.6) is 0 Å². The average molecular weight is 858 g/mol. The van der Waals surface area contributed by atoms with Crippen LogP contribution in [0.2, 0.25) is 0 Å². The number of likely N-dealkylation sites (tertiary alicyclic amines) is 1. The smallest absolute Gasteiger partial charge is 0.276 e. The molecule has 63 heavy (non-hydrogen) atoms. The van der Waals surface area contributed by atoms with Crippen molar-refractivity contribution in [2.75, 3.05) is 44.0 Å². The van der Waals surface area contributed by atoms with Crippen molar-refractivity contribution in [1.29, 1.82) is 0 Å². The maximum atomic E-state index is 12.8. The molecule has 2 fully saturated rings. The van der Waals surface area contributed by atoms with E-state index in [0.717, 1.165) is 49.9 Å². The van der Waals surface area contributed by atoms with E-state index >= 15 is 0 Å². The Morgan fingerprint density at radius 2 is 1.06 bits per heavy atom. The summed E-state index contributed by atoms with van der Waals surface area (Å²) in [6.07, 6.45) is 6.82. The highest BCUT2D eigenvalue weighted by molar-refractivity contribution is 6.04. The molecule has 2 aliphatic heterocycles. The van der Waals surface area contributed by atoms with Crippen molar-refractivity contribution in [3.8, 4) is 22.5 Å². The van der Waals surface area contributed by atoms with Crippen molar-refractivity contribution in [2.24, 2.45) is 0 Å². The minimum Gasteiger partial charge on any atom is -0.381 e. The lowest BCUT2D eigenvalue weighted by molar-refractivity contribution is 0.0696. The zero-order valence-electron chi connectivity index (χ0n) is 35.6. The number of rotatable bonds is 10. The van der Waals surface area contributed by atoms with Crippen molar-refractivity contribution in [3.05, 3.63) is 155 Å². The summed E-state index contributed by atoms with van der Waals surface area (Å²) in [4.78, 5) is 70.7. The molecule has 4 aromatic carbocycles. The normalized spacial score (nSPS) is 14.4. The van der Waals surface area contributed by atoms with E-state index in [4.69, 9.17) is 4.74 Å². The maximum absolute atomic E-state index is 12.8. The van der Waals surface area contributed by atoms with Gasteiger partial charge in [0.1, 0.15) is 11.4 Å².